The molecule has 2 heteroatoms. The average molecular weight is 464 g/mol. The summed E-state index contributed by atoms with van der Waals surface area (Å²) in [6, 6.07) is 0.805. The topological polar surface area (TPSA) is 20.3 Å². The molecule has 9 atom stereocenters. The highest BCUT2D eigenvalue weighted by Crippen LogP contribution is 2.72. The van der Waals surface area contributed by atoms with Crippen molar-refractivity contribution in [1.82, 2.24) is 4.90 Å². The highest BCUT2D eigenvalue weighted by Gasteiger charge is 2.64. The standard InChI is InChI=1S/C32H49NO/c1-7-14-33-19-20(2)15-23-18-32(22(4)29(23)33)13-10-27-26(21(32)3)17-28-30(5)12-9-25(34)16-24(30)8-11-31(27,28)6/h16,20,22-23,27-29H,7-15,17-19H2,1-6H3/t20?,22-,23+,27?,28?,29?,30?,31+,32?/m1/s1. The maximum atomic E-state index is 12.3. The molecule has 0 radical (unpaired) electrons. The molecule has 1 heterocycles. The Kier molecular flexibility index (Phi) is 5.39. The number of carbonyl (C=O) groups excluding carboxylic acids is 1. The minimum atomic E-state index is 0.251. The molecule has 0 amide bonds. The van der Waals surface area contributed by atoms with Gasteiger partial charge in [0, 0.05) is 19.0 Å². The van der Waals surface area contributed by atoms with E-state index in [1.165, 1.54) is 63.6 Å². The molecule has 1 saturated heterocycles. The van der Waals surface area contributed by atoms with Crippen LogP contribution in [0.5, 0.6) is 0 Å². The molecule has 0 aromatic carbocycles. The predicted molar refractivity (Wildman–Crippen MR) is 140 cm³/mol. The van der Waals surface area contributed by atoms with Gasteiger partial charge in [-0.1, -0.05) is 51.3 Å². The van der Waals surface area contributed by atoms with Gasteiger partial charge in [-0.25, -0.2) is 0 Å². The van der Waals surface area contributed by atoms with Gasteiger partial charge in [-0.05, 0) is 123 Å². The van der Waals surface area contributed by atoms with E-state index in [0.29, 0.717) is 16.6 Å². The summed E-state index contributed by atoms with van der Waals surface area (Å²) in [4.78, 5) is 15.2. The van der Waals surface area contributed by atoms with Crippen LogP contribution in [0.1, 0.15) is 106 Å². The van der Waals surface area contributed by atoms with E-state index in [0.717, 1.165) is 54.9 Å². The number of piperidine rings is 1. The minimum absolute atomic E-state index is 0.251. The molecule has 0 N–H and O–H groups in total. The van der Waals surface area contributed by atoms with Crippen LogP contribution in [0.15, 0.2) is 22.8 Å². The Morgan fingerprint density at radius 3 is 2.68 bits per heavy atom. The number of hydrogen-bond acceptors (Lipinski definition) is 2. The first-order valence-electron chi connectivity index (χ1n) is 14.8. The molecule has 34 heavy (non-hydrogen) atoms. The summed E-state index contributed by atoms with van der Waals surface area (Å²) in [6.45, 7) is 17.9. The molecule has 0 bridgehead atoms. The van der Waals surface area contributed by atoms with Crippen molar-refractivity contribution in [2.24, 2.45) is 45.8 Å². The van der Waals surface area contributed by atoms with Crippen LogP contribution in [-0.2, 0) is 4.79 Å². The summed E-state index contributed by atoms with van der Waals surface area (Å²) in [5, 5.41) is 0. The molecule has 3 saturated carbocycles. The van der Waals surface area contributed by atoms with Crippen molar-refractivity contribution in [2.75, 3.05) is 13.1 Å². The Morgan fingerprint density at radius 1 is 1.12 bits per heavy atom. The molecule has 1 aliphatic heterocycles. The summed E-state index contributed by atoms with van der Waals surface area (Å²) in [5.41, 5.74) is 6.36. The molecule has 0 aromatic rings. The first-order valence-corrected chi connectivity index (χ1v) is 14.8. The number of hydrogen-bond donors (Lipinski definition) is 0. The second kappa shape index (κ2) is 7.80. The van der Waals surface area contributed by atoms with Gasteiger partial charge in [-0.15, -0.1) is 0 Å². The maximum absolute atomic E-state index is 12.3. The predicted octanol–water partition coefficient (Wildman–Crippen LogP) is 7.59. The first kappa shape index (κ1) is 23.5. The lowest BCUT2D eigenvalue weighted by Crippen LogP contribution is -2.49. The van der Waals surface area contributed by atoms with Gasteiger partial charge in [0.05, 0.1) is 0 Å². The van der Waals surface area contributed by atoms with Gasteiger partial charge >= 0.3 is 0 Å². The van der Waals surface area contributed by atoms with Gasteiger partial charge < -0.3 is 0 Å². The lowest BCUT2D eigenvalue weighted by molar-refractivity contribution is -0.116. The molecule has 4 fully saturated rings. The quantitative estimate of drug-likeness (QED) is 0.393. The maximum Gasteiger partial charge on any atom is 0.155 e. The van der Waals surface area contributed by atoms with E-state index < -0.39 is 0 Å². The van der Waals surface area contributed by atoms with Gasteiger partial charge in [0.15, 0.2) is 5.78 Å². The molecule has 188 valence electrons. The third-order valence-electron chi connectivity index (χ3n) is 12.9. The number of nitrogens with zero attached hydrogens (tertiary/aromatic N) is 1. The fraction of sp³-hybridized carbons (Fsp3) is 0.844. The molecular weight excluding hydrogens is 414 g/mol. The van der Waals surface area contributed by atoms with Crippen LogP contribution in [-0.4, -0.2) is 29.8 Å². The van der Waals surface area contributed by atoms with Crippen LogP contribution in [0.4, 0.5) is 0 Å². The van der Waals surface area contributed by atoms with E-state index in [1.807, 2.05) is 11.1 Å². The minimum Gasteiger partial charge on any atom is -0.300 e. The number of ketones is 1. The normalized spacial score (nSPS) is 50.6. The van der Waals surface area contributed by atoms with Crippen molar-refractivity contribution in [2.45, 2.75) is 112 Å². The molecule has 6 rings (SSSR count). The first-order chi connectivity index (χ1) is 16.1. The number of likely N-dealkylation sites (tertiary alicyclic amines) is 1. The van der Waals surface area contributed by atoms with Gasteiger partial charge in [-0.2, -0.15) is 0 Å². The summed E-state index contributed by atoms with van der Waals surface area (Å²) in [7, 11) is 0. The monoisotopic (exact) mass is 463 g/mol. The highest BCUT2D eigenvalue weighted by atomic mass is 16.1. The fourth-order valence-corrected chi connectivity index (χ4v) is 11.3. The van der Waals surface area contributed by atoms with Gasteiger partial charge in [-0.3, -0.25) is 9.69 Å². The Morgan fingerprint density at radius 2 is 1.91 bits per heavy atom. The Hall–Kier alpha value is -0.890. The van der Waals surface area contributed by atoms with E-state index in [1.54, 1.807) is 0 Å². The lowest BCUT2D eigenvalue weighted by atomic mass is 9.50. The van der Waals surface area contributed by atoms with Gasteiger partial charge in [0.1, 0.15) is 0 Å². The van der Waals surface area contributed by atoms with Gasteiger partial charge in [0.2, 0.25) is 0 Å². The second-order valence-electron chi connectivity index (χ2n) is 14.3. The number of fused-ring (bicyclic) bond motifs is 6. The molecular formula is C32H49NO. The zero-order valence-corrected chi connectivity index (χ0v) is 22.9. The third-order valence-corrected chi connectivity index (χ3v) is 12.9. The van der Waals surface area contributed by atoms with Crippen LogP contribution < -0.4 is 0 Å². The van der Waals surface area contributed by atoms with E-state index in [-0.39, 0.29) is 5.41 Å². The van der Waals surface area contributed by atoms with Crippen molar-refractivity contribution in [3.63, 3.8) is 0 Å². The SMILES string of the molecule is CCCN1CC(C)C[C@H]2CC3(CCC4C(=C3C)CC3C5(C)CCC(=O)C=C5CC[C@@]43C)[C@H](C)C21. The van der Waals surface area contributed by atoms with Crippen molar-refractivity contribution >= 4 is 5.78 Å². The lowest BCUT2D eigenvalue weighted by Gasteiger charge is -2.54. The molecule has 5 aliphatic carbocycles. The van der Waals surface area contributed by atoms with Crippen molar-refractivity contribution in [3.05, 3.63) is 22.8 Å². The second-order valence-corrected chi connectivity index (χ2v) is 14.3. The van der Waals surface area contributed by atoms with Crippen molar-refractivity contribution in [1.29, 1.82) is 0 Å². The van der Waals surface area contributed by atoms with Crippen LogP contribution in [0.2, 0.25) is 0 Å². The molecule has 6 unspecified atom stereocenters. The van der Waals surface area contributed by atoms with Crippen LogP contribution in [0.25, 0.3) is 0 Å². The smallest absolute Gasteiger partial charge is 0.155 e. The van der Waals surface area contributed by atoms with Crippen LogP contribution in [0, 0.1) is 45.8 Å². The Bertz CT molecular complexity index is 945. The molecule has 6 aliphatic rings. The summed E-state index contributed by atoms with van der Waals surface area (Å²) < 4.78 is 0. The molecule has 2 nitrogen and oxygen atoms in total. The average Bonchev–Trinajstić information content (AvgIpc) is 3.25. The van der Waals surface area contributed by atoms with Crippen molar-refractivity contribution < 1.29 is 4.79 Å². The van der Waals surface area contributed by atoms with E-state index in [9.17, 15) is 4.79 Å². The largest absolute Gasteiger partial charge is 0.300 e. The van der Waals surface area contributed by atoms with E-state index in [2.05, 4.69) is 52.5 Å². The van der Waals surface area contributed by atoms with Gasteiger partial charge in [0.25, 0.3) is 0 Å². The fourth-order valence-electron chi connectivity index (χ4n) is 11.3. The number of rotatable bonds is 2. The zero-order chi connectivity index (χ0) is 24.0. The Labute approximate surface area is 209 Å². The van der Waals surface area contributed by atoms with Crippen LogP contribution in [0.3, 0.4) is 0 Å². The summed E-state index contributed by atoms with van der Waals surface area (Å²) >= 11 is 0. The zero-order valence-electron chi connectivity index (χ0n) is 22.9. The number of carbonyl (C=O) groups is 1. The highest BCUT2D eigenvalue weighted by molar-refractivity contribution is 5.91. The van der Waals surface area contributed by atoms with E-state index in [4.69, 9.17) is 0 Å². The van der Waals surface area contributed by atoms with E-state index >= 15 is 0 Å². The molecule has 1 spiro atoms. The number of allylic oxidation sites excluding steroid dienone is 4. The molecule has 0 aromatic heterocycles. The van der Waals surface area contributed by atoms with Crippen LogP contribution >= 0.6 is 0 Å². The summed E-state index contributed by atoms with van der Waals surface area (Å²) in [6.07, 6.45) is 14.7. The Balaban J connectivity index is 1.38. The third kappa shape index (κ3) is 2.99. The van der Waals surface area contributed by atoms with Crippen molar-refractivity contribution in [3.8, 4) is 0 Å². The summed E-state index contributed by atoms with van der Waals surface area (Å²) in [5.74, 6) is 4.45.